The Labute approximate surface area is 124 Å². The van der Waals surface area contributed by atoms with Crippen molar-refractivity contribution in [2.45, 2.75) is 26.8 Å². The SMILES string of the molecule is CCNc1cc(C)nc(CN2CCc3ccc(F)cc32)n1. The number of hydrogen-bond acceptors (Lipinski definition) is 4. The van der Waals surface area contributed by atoms with Gasteiger partial charge in [0.25, 0.3) is 0 Å². The average molecular weight is 286 g/mol. The number of benzene rings is 1. The van der Waals surface area contributed by atoms with Crippen molar-refractivity contribution in [3.05, 3.63) is 47.2 Å². The van der Waals surface area contributed by atoms with Gasteiger partial charge in [0, 0.05) is 30.5 Å². The summed E-state index contributed by atoms with van der Waals surface area (Å²) in [5, 5.41) is 3.21. The maximum absolute atomic E-state index is 13.4. The summed E-state index contributed by atoms with van der Waals surface area (Å²) in [4.78, 5) is 11.2. The van der Waals surface area contributed by atoms with Crippen LogP contribution in [0.25, 0.3) is 0 Å². The Morgan fingerprint density at radius 3 is 2.95 bits per heavy atom. The number of aromatic nitrogens is 2. The molecule has 2 heterocycles. The summed E-state index contributed by atoms with van der Waals surface area (Å²) in [5.41, 5.74) is 3.09. The highest BCUT2D eigenvalue weighted by Crippen LogP contribution is 2.29. The van der Waals surface area contributed by atoms with Crippen molar-refractivity contribution in [1.82, 2.24) is 9.97 Å². The van der Waals surface area contributed by atoms with Crippen molar-refractivity contribution in [1.29, 1.82) is 0 Å². The molecule has 0 fully saturated rings. The average Bonchev–Trinajstić information content (AvgIpc) is 2.81. The summed E-state index contributed by atoms with van der Waals surface area (Å²) >= 11 is 0. The summed E-state index contributed by atoms with van der Waals surface area (Å²) in [7, 11) is 0. The van der Waals surface area contributed by atoms with Crippen molar-refractivity contribution in [3.8, 4) is 0 Å². The summed E-state index contributed by atoms with van der Waals surface area (Å²) < 4.78 is 13.4. The molecule has 1 aromatic heterocycles. The van der Waals surface area contributed by atoms with Crippen LogP contribution in [0, 0.1) is 12.7 Å². The first-order chi connectivity index (χ1) is 10.2. The maximum atomic E-state index is 13.4. The van der Waals surface area contributed by atoms with E-state index in [1.54, 1.807) is 6.07 Å². The van der Waals surface area contributed by atoms with Gasteiger partial charge >= 0.3 is 0 Å². The summed E-state index contributed by atoms with van der Waals surface area (Å²) in [6, 6.07) is 6.93. The van der Waals surface area contributed by atoms with Gasteiger partial charge in [0.1, 0.15) is 17.5 Å². The molecule has 3 rings (SSSR count). The summed E-state index contributed by atoms with van der Waals surface area (Å²) in [6.07, 6.45) is 0.946. The van der Waals surface area contributed by atoms with Crippen LogP contribution in [0.5, 0.6) is 0 Å². The summed E-state index contributed by atoms with van der Waals surface area (Å²) in [6.45, 7) is 6.32. The van der Waals surface area contributed by atoms with Gasteiger partial charge in [-0.05, 0) is 38.0 Å². The van der Waals surface area contributed by atoms with Gasteiger partial charge in [-0.25, -0.2) is 14.4 Å². The molecule has 5 heteroatoms. The molecule has 0 radical (unpaired) electrons. The normalized spacial score (nSPS) is 13.4. The van der Waals surface area contributed by atoms with Crippen LogP contribution in [0.3, 0.4) is 0 Å². The molecule has 4 nitrogen and oxygen atoms in total. The Morgan fingerprint density at radius 2 is 2.14 bits per heavy atom. The van der Waals surface area contributed by atoms with E-state index in [1.165, 1.54) is 11.6 Å². The number of fused-ring (bicyclic) bond motifs is 1. The Balaban J connectivity index is 1.84. The molecule has 0 saturated carbocycles. The molecular formula is C16H19FN4. The molecule has 2 aromatic rings. The zero-order chi connectivity index (χ0) is 14.8. The first-order valence-corrected chi connectivity index (χ1v) is 7.27. The Bertz CT molecular complexity index is 657. The molecule has 0 bridgehead atoms. The lowest BCUT2D eigenvalue weighted by molar-refractivity contribution is 0.627. The molecule has 1 aliphatic rings. The van der Waals surface area contributed by atoms with E-state index in [0.29, 0.717) is 6.54 Å². The van der Waals surface area contributed by atoms with Gasteiger partial charge in [-0.15, -0.1) is 0 Å². The van der Waals surface area contributed by atoms with Gasteiger partial charge in [-0.3, -0.25) is 0 Å². The lowest BCUT2D eigenvalue weighted by atomic mass is 10.2. The van der Waals surface area contributed by atoms with Crippen LogP contribution in [0.15, 0.2) is 24.3 Å². The number of nitrogens with one attached hydrogen (secondary N) is 1. The molecule has 110 valence electrons. The first kappa shape index (κ1) is 13.8. The van der Waals surface area contributed by atoms with Gasteiger partial charge in [0.15, 0.2) is 0 Å². The zero-order valence-corrected chi connectivity index (χ0v) is 12.4. The van der Waals surface area contributed by atoms with Crippen molar-refractivity contribution < 1.29 is 4.39 Å². The lowest BCUT2D eigenvalue weighted by Crippen LogP contribution is -2.22. The second-order valence-corrected chi connectivity index (χ2v) is 5.29. The van der Waals surface area contributed by atoms with Crippen LogP contribution in [0.2, 0.25) is 0 Å². The largest absolute Gasteiger partial charge is 0.370 e. The fourth-order valence-electron chi connectivity index (χ4n) is 2.73. The minimum atomic E-state index is -0.195. The summed E-state index contributed by atoms with van der Waals surface area (Å²) in [5.74, 6) is 1.42. The molecule has 21 heavy (non-hydrogen) atoms. The van der Waals surface area contributed by atoms with Crippen LogP contribution in [-0.2, 0) is 13.0 Å². The van der Waals surface area contributed by atoms with E-state index in [1.807, 2.05) is 26.0 Å². The third-order valence-corrected chi connectivity index (χ3v) is 3.63. The predicted octanol–water partition coefficient (Wildman–Crippen LogP) is 2.92. The van der Waals surface area contributed by atoms with E-state index in [9.17, 15) is 4.39 Å². The Kier molecular flexibility index (Phi) is 3.73. The fraction of sp³-hybridized carbons (Fsp3) is 0.375. The number of halogens is 1. The van der Waals surface area contributed by atoms with Gasteiger partial charge in [0.05, 0.1) is 6.54 Å². The molecule has 0 atom stereocenters. The van der Waals surface area contributed by atoms with Crippen LogP contribution in [-0.4, -0.2) is 23.1 Å². The van der Waals surface area contributed by atoms with Crippen LogP contribution >= 0.6 is 0 Å². The van der Waals surface area contributed by atoms with Gasteiger partial charge in [0.2, 0.25) is 0 Å². The molecule has 0 spiro atoms. The first-order valence-electron chi connectivity index (χ1n) is 7.27. The van der Waals surface area contributed by atoms with Crippen molar-refractivity contribution in [2.75, 3.05) is 23.3 Å². The number of nitrogens with zero attached hydrogens (tertiary/aromatic N) is 3. The fourth-order valence-corrected chi connectivity index (χ4v) is 2.73. The van der Waals surface area contributed by atoms with Crippen molar-refractivity contribution in [2.24, 2.45) is 0 Å². The Hall–Kier alpha value is -2.17. The number of aryl methyl sites for hydroxylation is 1. The third kappa shape index (κ3) is 2.96. The zero-order valence-electron chi connectivity index (χ0n) is 12.4. The molecular weight excluding hydrogens is 267 g/mol. The van der Waals surface area contributed by atoms with Crippen LogP contribution in [0.1, 0.15) is 24.0 Å². The Morgan fingerprint density at radius 1 is 1.29 bits per heavy atom. The van der Waals surface area contributed by atoms with Gasteiger partial charge in [-0.2, -0.15) is 0 Å². The molecule has 1 aromatic carbocycles. The second-order valence-electron chi connectivity index (χ2n) is 5.29. The molecule has 0 amide bonds. The lowest BCUT2D eigenvalue weighted by Gasteiger charge is -2.19. The monoisotopic (exact) mass is 286 g/mol. The minimum Gasteiger partial charge on any atom is -0.370 e. The predicted molar refractivity (Wildman–Crippen MR) is 82.1 cm³/mol. The second kappa shape index (κ2) is 5.68. The van der Waals surface area contributed by atoms with E-state index < -0.39 is 0 Å². The van der Waals surface area contributed by atoms with Crippen LogP contribution in [0.4, 0.5) is 15.9 Å². The van der Waals surface area contributed by atoms with E-state index in [0.717, 1.165) is 42.5 Å². The molecule has 1 N–H and O–H groups in total. The van der Waals surface area contributed by atoms with E-state index in [-0.39, 0.29) is 5.82 Å². The quantitative estimate of drug-likeness (QED) is 0.938. The van der Waals surface area contributed by atoms with E-state index in [4.69, 9.17) is 0 Å². The van der Waals surface area contributed by atoms with Crippen molar-refractivity contribution in [3.63, 3.8) is 0 Å². The minimum absolute atomic E-state index is 0.195. The van der Waals surface area contributed by atoms with Crippen LogP contribution < -0.4 is 10.2 Å². The molecule has 0 aliphatic carbocycles. The van der Waals surface area contributed by atoms with Gasteiger partial charge in [-0.1, -0.05) is 6.07 Å². The molecule has 0 unspecified atom stereocenters. The number of rotatable bonds is 4. The van der Waals surface area contributed by atoms with E-state index >= 15 is 0 Å². The van der Waals surface area contributed by atoms with E-state index in [2.05, 4.69) is 20.2 Å². The topological polar surface area (TPSA) is 41.1 Å². The maximum Gasteiger partial charge on any atom is 0.150 e. The number of anilines is 2. The molecule has 0 saturated heterocycles. The highest BCUT2D eigenvalue weighted by atomic mass is 19.1. The smallest absolute Gasteiger partial charge is 0.150 e. The van der Waals surface area contributed by atoms with Gasteiger partial charge < -0.3 is 10.2 Å². The standard InChI is InChI=1S/C16H19FN4/c1-3-18-15-8-11(2)19-16(20-15)10-21-7-6-12-4-5-13(17)9-14(12)21/h4-5,8-9H,3,6-7,10H2,1-2H3,(H,18,19,20). The highest BCUT2D eigenvalue weighted by Gasteiger charge is 2.20. The number of hydrogen-bond donors (Lipinski definition) is 1. The molecule has 1 aliphatic heterocycles. The third-order valence-electron chi connectivity index (χ3n) is 3.63. The van der Waals surface area contributed by atoms with Crippen molar-refractivity contribution >= 4 is 11.5 Å². The highest BCUT2D eigenvalue weighted by molar-refractivity contribution is 5.58.